The molecule has 1 atom stereocenters. The van der Waals surface area contributed by atoms with Gasteiger partial charge in [0.25, 0.3) is 0 Å². The van der Waals surface area contributed by atoms with Gasteiger partial charge in [0.2, 0.25) is 0 Å². The largest absolute Gasteiger partial charge is 0.371 e. The number of carbonyl (C=O) groups is 1. The normalized spacial score (nSPS) is 25.8. The fraction of sp³-hybridized carbons (Fsp3) is 0.875. The molecule has 0 aromatic rings. The van der Waals surface area contributed by atoms with Gasteiger partial charge in [0.1, 0.15) is 0 Å². The Kier molecular flexibility index (Phi) is 2.03. The second-order valence-electron chi connectivity index (χ2n) is 4.05. The average molecular weight is 157 g/mol. The highest BCUT2D eigenvalue weighted by Gasteiger charge is 2.38. The summed E-state index contributed by atoms with van der Waals surface area (Å²) in [6.45, 7) is 7.28. The Labute approximate surface area is 67.0 Å². The van der Waals surface area contributed by atoms with Crippen LogP contribution < -0.4 is 0 Å². The summed E-state index contributed by atoms with van der Waals surface area (Å²) in [5.74, 6) is -0.166. The number of hydrogen-bond acceptors (Lipinski definition) is 3. The van der Waals surface area contributed by atoms with Gasteiger partial charge >= 0.3 is 0 Å². The predicted octanol–water partition coefficient (Wildman–Crippen LogP) is 0.236. The van der Waals surface area contributed by atoms with Crippen molar-refractivity contribution < 1.29 is 9.90 Å². The van der Waals surface area contributed by atoms with Gasteiger partial charge in [0.05, 0.1) is 0 Å². The Hall–Kier alpha value is -0.410. The van der Waals surface area contributed by atoms with Crippen molar-refractivity contribution in [2.45, 2.75) is 27.0 Å². The molecule has 1 heterocycles. The van der Waals surface area contributed by atoms with Gasteiger partial charge < -0.3 is 5.11 Å². The fourth-order valence-corrected chi connectivity index (χ4v) is 1.48. The van der Waals surface area contributed by atoms with Crippen LogP contribution in [0.4, 0.5) is 0 Å². The molecular weight excluding hydrogens is 142 g/mol. The van der Waals surface area contributed by atoms with Crippen molar-refractivity contribution in [2.75, 3.05) is 13.1 Å². The van der Waals surface area contributed by atoms with E-state index in [0.29, 0.717) is 0 Å². The molecule has 1 fully saturated rings. The van der Waals surface area contributed by atoms with Crippen LogP contribution in [-0.2, 0) is 4.79 Å². The lowest BCUT2D eigenvalue weighted by molar-refractivity contribution is -0.148. The van der Waals surface area contributed by atoms with Crippen LogP contribution >= 0.6 is 0 Å². The number of rotatable bonds is 2. The van der Waals surface area contributed by atoms with Crippen molar-refractivity contribution in [1.29, 1.82) is 0 Å². The van der Waals surface area contributed by atoms with Crippen LogP contribution in [0.2, 0.25) is 0 Å². The maximum Gasteiger partial charge on any atom is 0.173 e. The Balaban J connectivity index is 2.38. The molecule has 0 bridgehead atoms. The second kappa shape index (κ2) is 2.57. The van der Waals surface area contributed by atoms with E-state index < -0.39 is 6.23 Å². The van der Waals surface area contributed by atoms with Crippen LogP contribution in [0.3, 0.4) is 0 Å². The van der Waals surface area contributed by atoms with Gasteiger partial charge in [-0.3, -0.25) is 9.69 Å². The van der Waals surface area contributed by atoms with E-state index in [-0.39, 0.29) is 11.2 Å². The predicted molar refractivity (Wildman–Crippen MR) is 42.0 cm³/mol. The molecule has 0 spiro atoms. The van der Waals surface area contributed by atoms with E-state index in [9.17, 15) is 9.90 Å². The van der Waals surface area contributed by atoms with Gasteiger partial charge in [-0.15, -0.1) is 0 Å². The Morgan fingerprint density at radius 3 is 2.27 bits per heavy atom. The van der Waals surface area contributed by atoms with Crippen molar-refractivity contribution in [3.8, 4) is 0 Å². The van der Waals surface area contributed by atoms with Crippen molar-refractivity contribution in [3.63, 3.8) is 0 Å². The van der Waals surface area contributed by atoms with Crippen LogP contribution in [0, 0.1) is 5.41 Å². The van der Waals surface area contributed by atoms with Crippen LogP contribution in [0.5, 0.6) is 0 Å². The van der Waals surface area contributed by atoms with Crippen molar-refractivity contribution in [3.05, 3.63) is 0 Å². The molecule has 0 amide bonds. The van der Waals surface area contributed by atoms with Gasteiger partial charge in [-0.25, -0.2) is 0 Å². The quantitative estimate of drug-likeness (QED) is 0.624. The molecule has 0 radical (unpaired) electrons. The summed E-state index contributed by atoms with van der Waals surface area (Å²) in [5.41, 5.74) is 0.274. The number of aliphatic hydroxyl groups excluding tert-OH is 1. The summed E-state index contributed by atoms with van der Waals surface area (Å²) in [5, 5.41) is 9.25. The van der Waals surface area contributed by atoms with Gasteiger partial charge in [-0.1, -0.05) is 13.8 Å². The molecule has 1 aliphatic rings. The third-order valence-electron chi connectivity index (χ3n) is 1.97. The highest BCUT2D eigenvalue weighted by molar-refractivity contribution is 5.79. The highest BCUT2D eigenvalue weighted by Crippen LogP contribution is 2.29. The summed E-state index contributed by atoms with van der Waals surface area (Å²) in [4.78, 5) is 12.5. The van der Waals surface area contributed by atoms with Crippen LogP contribution in [0.25, 0.3) is 0 Å². The van der Waals surface area contributed by atoms with E-state index in [1.807, 2.05) is 0 Å². The smallest absolute Gasteiger partial charge is 0.173 e. The maximum absolute atomic E-state index is 10.7. The van der Waals surface area contributed by atoms with Crippen molar-refractivity contribution in [1.82, 2.24) is 4.90 Å². The SMILES string of the molecule is CC(=O)[C@@H](O)N1CC(C)(C)C1. The third-order valence-corrected chi connectivity index (χ3v) is 1.97. The van der Waals surface area contributed by atoms with Gasteiger partial charge in [0.15, 0.2) is 12.0 Å². The number of hydrogen-bond donors (Lipinski definition) is 1. The Bertz CT molecular complexity index is 169. The van der Waals surface area contributed by atoms with E-state index in [2.05, 4.69) is 13.8 Å². The first-order valence-electron chi connectivity index (χ1n) is 3.85. The van der Waals surface area contributed by atoms with Crippen LogP contribution in [0.15, 0.2) is 0 Å². The molecular formula is C8H15NO2. The molecule has 3 nitrogen and oxygen atoms in total. The summed E-state index contributed by atoms with van der Waals surface area (Å²) < 4.78 is 0. The number of ketones is 1. The van der Waals surface area contributed by atoms with E-state index in [4.69, 9.17) is 0 Å². The lowest BCUT2D eigenvalue weighted by Gasteiger charge is -2.47. The molecule has 1 aliphatic heterocycles. The molecule has 0 aromatic carbocycles. The monoisotopic (exact) mass is 157 g/mol. The Morgan fingerprint density at radius 2 is 2.00 bits per heavy atom. The zero-order valence-electron chi connectivity index (χ0n) is 7.29. The topological polar surface area (TPSA) is 40.5 Å². The van der Waals surface area contributed by atoms with E-state index in [0.717, 1.165) is 13.1 Å². The minimum absolute atomic E-state index is 0.166. The number of carbonyl (C=O) groups excluding carboxylic acids is 1. The van der Waals surface area contributed by atoms with Crippen LogP contribution in [0.1, 0.15) is 20.8 Å². The number of Topliss-reactive ketones (excluding diaryl/α,β-unsaturated/α-hetero) is 1. The number of likely N-dealkylation sites (tertiary alicyclic amines) is 1. The zero-order valence-corrected chi connectivity index (χ0v) is 7.29. The molecule has 0 aromatic heterocycles. The minimum Gasteiger partial charge on any atom is -0.371 e. The zero-order chi connectivity index (χ0) is 8.65. The third kappa shape index (κ3) is 1.79. The van der Waals surface area contributed by atoms with E-state index in [1.165, 1.54) is 6.92 Å². The second-order valence-corrected chi connectivity index (χ2v) is 4.05. The first kappa shape index (κ1) is 8.68. The standard InChI is InChI=1S/C8H15NO2/c1-6(10)7(11)9-4-8(2,3)5-9/h7,11H,4-5H2,1-3H3/t7-/m1/s1. The Morgan fingerprint density at radius 1 is 1.55 bits per heavy atom. The lowest BCUT2D eigenvalue weighted by Crippen LogP contribution is -2.58. The summed E-state index contributed by atoms with van der Waals surface area (Å²) >= 11 is 0. The number of nitrogens with zero attached hydrogens (tertiary/aromatic N) is 1. The number of aliphatic hydroxyl groups is 1. The molecule has 64 valence electrons. The molecule has 0 saturated carbocycles. The van der Waals surface area contributed by atoms with Crippen molar-refractivity contribution in [2.24, 2.45) is 5.41 Å². The van der Waals surface area contributed by atoms with E-state index in [1.54, 1.807) is 4.90 Å². The fourth-order valence-electron chi connectivity index (χ4n) is 1.48. The summed E-state index contributed by atoms with van der Waals surface area (Å²) in [6, 6.07) is 0. The minimum atomic E-state index is -0.872. The molecule has 0 unspecified atom stereocenters. The van der Waals surface area contributed by atoms with Crippen LogP contribution in [-0.4, -0.2) is 35.1 Å². The first-order chi connectivity index (χ1) is 4.92. The summed E-state index contributed by atoms with van der Waals surface area (Å²) in [6.07, 6.45) is -0.872. The van der Waals surface area contributed by atoms with E-state index >= 15 is 0 Å². The first-order valence-corrected chi connectivity index (χ1v) is 3.85. The highest BCUT2D eigenvalue weighted by atomic mass is 16.3. The maximum atomic E-state index is 10.7. The van der Waals surface area contributed by atoms with Gasteiger partial charge in [-0.05, 0) is 12.3 Å². The molecule has 3 heteroatoms. The molecule has 0 aliphatic carbocycles. The molecule has 1 rings (SSSR count). The molecule has 11 heavy (non-hydrogen) atoms. The van der Waals surface area contributed by atoms with Crippen molar-refractivity contribution >= 4 is 5.78 Å². The molecule has 1 N–H and O–H groups in total. The lowest BCUT2D eigenvalue weighted by atomic mass is 9.84. The summed E-state index contributed by atoms with van der Waals surface area (Å²) in [7, 11) is 0. The van der Waals surface area contributed by atoms with Gasteiger partial charge in [0, 0.05) is 13.1 Å². The molecule has 1 saturated heterocycles. The van der Waals surface area contributed by atoms with Gasteiger partial charge in [-0.2, -0.15) is 0 Å². The average Bonchev–Trinajstić information content (AvgIpc) is 1.80.